The van der Waals surface area contributed by atoms with Crippen LogP contribution >= 0.6 is 0 Å². The zero-order valence-corrected chi connectivity index (χ0v) is 8.41. The van der Waals surface area contributed by atoms with Crippen LogP contribution in [0, 0.1) is 0 Å². The third-order valence-corrected chi connectivity index (χ3v) is 3.55. The summed E-state index contributed by atoms with van der Waals surface area (Å²) < 4.78 is 0. The third-order valence-electron chi connectivity index (χ3n) is 3.55. The molecule has 1 aliphatic heterocycles. The molecule has 0 unspecified atom stereocenters. The van der Waals surface area contributed by atoms with E-state index in [4.69, 9.17) is 0 Å². The van der Waals surface area contributed by atoms with Gasteiger partial charge in [0, 0.05) is 6.04 Å². The topological polar surface area (TPSA) is 23.5 Å². The molecule has 0 aromatic rings. The molecule has 1 saturated heterocycles. The number of hydrogen-bond donors (Lipinski definition) is 1. The van der Waals surface area contributed by atoms with Gasteiger partial charge in [0.05, 0.1) is 6.10 Å². The molecular formula is C11H21NO. The maximum Gasteiger partial charge on any atom is 0.0695 e. The Morgan fingerprint density at radius 2 is 1.54 bits per heavy atom. The van der Waals surface area contributed by atoms with E-state index < -0.39 is 0 Å². The monoisotopic (exact) mass is 183 g/mol. The summed E-state index contributed by atoms with van der Waals surface area (Å²) in [5.74, 6) is 0. The van der Waals surface area contributed by atoms with E-state index in [-0.39, 0.29) is 6.10 Å². The highest BCUT2D eigenvalue weighted by atomic mass is 16.3. The van der Waals surface area contributed by atoms with Gasteiger partial charge in [-0.2, -0.15) is 0 Å². The SMILES string of the molecule is O[C@H]1CCCC[C@H]1N1CCCCC1. The summed E-state index contributed by atoms with van der Waals surface area (Å²) >= 11 is 0. The van der Waals surface area contributed by atoms with E-state index in [2.05, 4.69) is 4.90 Å². The predicted octanol–water partition coefficient (Wildman–Crippen LogP) is 1.78. The van der Waals surface area contributed by atoms with Crippen LogP contribution in [0.15, 0.2) is 0 Å². The Hall–Kier alpha value is -0.0800. The number of hydrogen-bond acceptors (Lipinski definition) is 2. The molecule has 0 radical (unpaired) electrons. The minimum absolute atomic E-state index is 0.0353. The maximum absolute atomic E-state index is 9.88. The summed E-state index contributed by atoms with van der Waals surface area (Å²) in [6, 6.07) is 0.494. The van der Waals surface area contributed by atoms with Crippen molar-refractivity contribution in [2.24, 2.45) is 0 Å². The number of piperidine rings is 1. The molecule has 1 aliphatic carbocycles. The highest BCUT2D eigenvalue weighted by Gasteiger charge is 2.28. The molecule has 1 N–H and O–H groups in total. The fourth-order valence-corrected chi connectivity index (χ4v) is 2.77. The van der Waals surface area contributed by atoms with Crippen molar-refractivity contribution in [3.05, 3.63) is 0 Å². The second kappa shape index (κ2) is 4.43. The molecule has 13 heavy (non-hydrogen) atoms. The summed E-state index contributed by atoms with van der Waals surface area (Å²) in [6.45, 7) is 2.45. The molecule has 0 spiro atoms. The summed E-state index contributed by atoms with van der Waals surface area (Å²) in [6.07, 6.45) is 8.82. The Bertz CT molecular complexity index is 154. The molecule has 2 atom stereocenters. The lowest BCUT2D eigenvalue weighted by atomic mass is 9.90. The summed E-state index contributed by atoms with van der Waals surface area (Å²) in [5, 5.41) is 9.88. The first-order valence-corrected chi connectivity index (χ1v) is 5.80. The molecule has 2 fully saturated rings. The van der Waals surface area contributed by atoms with Gasteiger partial charge in [0.15, 0.2) is 0 Å². The predicted molar refractivity (Wildman–Crippen MR) is 53.7 cm³/mol. The second-order valence-corrected chi connectivity index (χ2v) is 4.52. The van der Waals surface area contributed by atoms with Crippen LogP contribution in [0.5, 0.6) is 0 Å². The molecule has 1 heterocycles. The number of nitrogens with zero attached hydrogens (tertiary/aromatic N) is 1. The minimum atomic E-state index is -0.0353. The van der Waals surface area contributed by atoms with Gasteiger partial charge in [0.1, 0.15) is 0 Å². The van der Waals surface area contributed by atoms with Gasteiger partial charge in [-0.05, 0) is 38.8 Å². The number of aliphatic hydroxyl groups is 1. The van der Waals surface area contributed by atoms with Crippen molar-refractivity contribution in [3.8, 4) is 0 Å². The average Bonchev–Trinajstić information content (AvgIpc) is 2.20. The number of likely N-dealkylation sites (tertiary alicyclic amines) is 1. The Morgan fingerprint density at radius 3 is 2.23 bits per heavy atom. The zero-order chi connectivity index (χ0) is 9.10. The average molecular weight is 183 g/mol. The lowest BCUT2D eigenvalue weighted by Gasteiger charge is -2.39. The van der Waals surface area contributed by atoms with Crippen molar-refractivity contribution in [1.82, 2.24) is 4.90 Å². The molecule has 76 valence electrons. The van der Waals surface area contributed by atoms with E-state index in [0.29, 0.717) is 6.04 Å². The van der Waals surface area contributed by atoms with Gasteiger partial charge >= 0.3 is 0 Å². The minimum Gasteiger partial charge on any atom is -0.391 e. The first-order valence-electron chi connectivity index (χ1n) is 5.80. The summed E-state index contributed by atoms with van der Waals surface area (Å²) in [5.41, 5.74) is 0. The first-order chi connectivity index (χ1) is 6.38. The second-order valence-electron chi connectivity index (χ2n) is 4.52. The van der Waals surface area contributed by atoms with Gasteiger partial charge < -0.3 is 5.11 Å². The maximum atomic E-state index is 9.88. The largest absolute Gasteiger partial charge is 0.391 e. The Labute approximate surface area is 80.9 Å². The Morgan fingerprint density at radius 1 is 0.846 bits per heavy atom. The molecule has 0 bridgehead atoms. The Kier molecular flexibility index (Phi) is 3.23. The van der Waals surface area contributed by atoms with E-state index in [1.54, 1.807) is 0 Å². The van der Waals surface area contributed by atoms with Gasteiger partial charge in [-0.15, -0.1) is 0 Å². The van der Waals surface area contributed by atoms with E-state index in [1.807, 2.05) is 0 Å². The van der Waals surface area contributed by atoms with Crippen molar-refractivity contribution in [2.45, 2.75) is 57.1 Å². The molecule has 0 aromatic carbocycles. The van der Waals surface area contributed by atoms with Crippen molar-refractivity contribution in [2.75, 3.05) is 13.1 Å². The van der Waals surface area contributed by atoms with Crippen LogP contribution in [0.3, 0.4) is 0 Å². The summed E-state index contributed by atoms with van der Waals surface area (Å²) in [4.78, 5) is 2.52. The van der Waals surface area contributed by atoms with Crippen molar-refractivity contribution >= 4 is 0 Å². The molecule has 0 aromatic heterocycles. The van der Waals surface area contributed by atoms with Gasteiger partial charge in [-0.1, -0.05) is 19.3 Å². The highest BCUT2D eigenvalue weighted by Crippen LogP contribution is 2.25. The van der Waals surface area contributed by atoms with E-state index in [0.717, 1.165) is 6.42 Å². The molecule has 2 rings (SSSR count). The third kappa shape index (κ3) is 2.23. The van der Waals surface area contributed by atoms with E-state index >= 15 is 0 Å². The van der Waals surface area contributed by atoms with E-state index in [1.165, 1.54) is 51.6 Å². The molecule has 2 heteroatoms. The highest BCUT2D eigenvalue weighted by molar-refractivity contribution is 4.84. The number of rotatable bonds is 1. The normalized spacial score (nSPS) is 37.6. The number of aliphatic hydroxyl groups excluding tert-OH is 1. The molecule has 2 nitrogen and oxygen atoms in total. The van der Waals surface area contributed by atoms with E-state index in [9.17, 15) is 5.11 Å². The fourth-order valence-electron chi connectivity index (χ4n) is 2.77. The lowest BCUT2D eigenvalue weighted by molar-refractivity contribution is 0.0113. The standard InChI is InChI=1S/C11H21NO/c13-11-7-3-2-6-10(11)12-8-4-1-5-9-12/h10-11,13H,1-9H2/t10-,11+/m1/s1. The zero-order valence-electron chi connectivity index (χ0n) is 8.41. The van der Waals surface area contributed by atoms with Crippen LogP contribution in [0.25, 0.3) is 0 Å². The van der Waals surface area contributed by atoms with Crippen molar-refractivity contribution < 1.29 is 5.11 Å². The first kappa shape index (κ1) is 9.47. The molecule has 1 saturated carbocycles. The van der Waals surface area contributed by atoms with Gasteiger partial charge in [0.25, 0.3) is 0 Å². The van der Waals surface area contributed by atoms with Gasteiger partial charge in [-0.25, -0.2) is 0 Å². The fraction of sp³-hybridized carbons (Fsp3) is 1.00. The van der Waals surface area contributed by atoms with Crippen LogP contribution in [-0.2, 0) is 0 Å². The van der Waals surface area contributed by atoms with Crippen LogP contribution in [0.1, 0.15) is 44.9 Å². The smallest absolute Gasteiger partial charge is 0.0695 e. The van der Waals surface area contributed by atoms with Crippen LogP contribution in [0.4, 0.5) is 0 Å². The van der Waals surface area contributed by atoms with Gasteiger partial charge in [-0.3, -0.25) is 4.90 Å². The van der Waals surface area contributed by atoms with Crippen LogP contribution in [0.2, 0.25) is 0 Å². The lowest BCUT2D eigenvalue weighted by Crippen LogP contribution is -2.47. The van der Waals surface area contributed by atoms with Crippen molar-refractivity contribution in [1.29, 1.82) is 0 Å². The van der Waals surface area contributed by atoms with Crippen molar-refractivity contribution in [3.63, 3.8) is 0 Å². The molecule has 0 amide bonds. The van der Waals surface area contributed by atoms with Gasteiger partial charge in [0.2, 0.25) is 0 Å². The Balaban J connectivity index is 1.88. The quantitative estimate of drug-likeness (QED) is 0.670. The van der Waals surface area contributed by atoms with Crippen LogP contribution in [-0.4, -0.2) is 35.2 Å². The van der Waals surface area contributed by atoms with Crippen LogP contribution < -0.4 is 0 Å². The summed E-state index contributed by atoms with van der Waals surface area (Å²) in [7, 11) is 0. The molecular weight excluding hydrogens is 162 g/mol. The molecule has 2 aliphatic rings.